The van der Waals surface area contributed by atoms with Gasteiger partial charge in [0.15, 0.2) is 0 Å². The van der Waals surface area contributed by atoms with Crippen molar-refractivity contribution in [3.05, 3.63) is 22.2 Å². The Labute approximate surface area is 101 Å². The molecule has 5 heteroatoms. The fraction of sp³-hybridized carbons (Fsp3) is 0.667. The Bertz CT molecular complexity index is 422. The normalized spacial score (nSPS) is 20.5. The van der Waals surface area contributed by atoms with Gasteiger partial charge in [-0.05, 0) is 12.8 Å². The minimum Gasteiger partial charge on any atom is -0.379 e. The van der Waals surface area contributed by atoms with Crippen LogP contribution in [-0.2, 0) is 4.74 Å². The SMILES string of the molecule is CC(C)c1nc(NC2CCCOC2)cc(=O)[nH]1. The van der Waals surface area contributed by atoms with Crippen molar-refractivity contribution in [1.82, 2.24) is 9.97 Å². The van der Waals surface area contributed by atoms with E-state index in [1.807, 2.05) is 13.8 Å². The molecule has 0 aliphatic carbocycles. The van der Waals surface area contributed by atoms with Crippen LogP contribution in [0.25, 0.3) is 0 Å². The second-order valence-corrected chi connectivity index (χ2v) is 4.73. The van der Waals surface area contributed by atoms with Crippen LogP contribution in [0.15, 0.2) is 10.9 Å². The average Bonchev–Trinajstić information content (AvgIpc) is 2.29. The van der Waals surface area contributed by atoms with Crippen molar-refractivity contribution in [2.24, 2.45) is 0 Å². The largest absolute Gasteiger partial charge is 0.379 e. The van der Waals surface area contributed by atoms with E-state index in [2.05, 4.69) is 15.3 Å². The summed E-state index contributed by atoms with van der Waals surface area (Å²) in [4.78, 5) is 18.6. The van der Waals surface area contributed by atoms with E-state index in [-0.39, 0.29) is 17.5 Å². The number of anilines is 1. The number of hydrogen-bond donors (Lipinski definition) is 2. The van der Waals surface area contributed by atoms with E-state index in [4.69, 9.17) is 4.74 Å². The molecule has 1 aliphatic heterocycles. The molecule has 1 fully saturated rings. The smallest absolute Gasteiger partial charge is 0.252 e. The predicted octanol–water partition coefficient (Wildman–Crippen LogP) is 1.48. The molecule has 5 nitrogen and oxygen atoms in total. The van der Waals surface area contributed by atoms with Gasteiger partial charge in [0.25, 0.3) is 5.56 Å². The maximum Gasteiger partial charge on any atom is 0.252 e. The summed E-state index contributed by atoms with van der Waals surface area (Å²) < 4.78 is 5.39. The molecule has 1 unspecified atom stereocenters. The molecular weight excluding hydrogens is 218 g/mol. The van der Waals surface area contributed by atoms with Crippen molar-refractivity contribution in [2.75, 3.05) is 18.5 Å². The van der Waals surface area contributed by atoms with E-state index >= 15 is 0 Å². The number of rotatable bonds is 3. The first kappa shape index (κ1) is 12.1. The second-order valence-electron chi connectivity index (χ2n) is 4.73. The maximum atomic E-state index is 11.5. The van der Waals surface area contributed by atoms with Crippen molar-refractivity contribution in [1.29, 1.82) is 0 Å². The lowest BCUT2D eigenvalue weighted by atomic mass is 10.1. The average molecular weight is 237 g/mol. The van der Waals surface area contributed by atoms with Crippen molar-refractivity contribution >= 4 is 5.82 Å². The van der Waals surface area contributed by atoms with Gasteiger partial charge in [-0.2, -0.15) is 0 Å². The summed E-state index contributed by atoms with van der Waals surface area (Å²) >= 11 is 0. The summed E-state index contributed by atoms with van der Waals surface area (Å²) in [6, 6.07) is 1.76. The Hall–Kier alpha value is -1.36. The number of aromatic amines is 1. The van der Waals surface area contributed by atoms with Gasteiger partial charge < -0.3 is 15.0 Å². The molecule has 2 rings (SSSR count). The van der Waals surface area contributed by atoms with E-state index in [1.54, 1.807) is 0 Å². The highest BCUT2D eigenvalue weighted by molar-refractivity contribution is 5.34. The van der Waals surface area contributed by atoms with Crippen LogP contribution in [0.5, 0.6) is 0 Å². The minimum atomic E-state index is -0.108. The van der Waals surface area contributed by atoms with E-state index < -0.39 is 0 Å². The van der Waals surface area contributed by atoms with Crippen molar-refractivity contribution in [3.63, 3.8) is 0 Å². The quantitative estimate of drug-likeness (QED) is 0.835. The second kappa shape index (κ2) is 5.31. The molecule has 0 aromatic carbocycles. The molecule has 0 spiro atoms. The lowest BCUT2D eigenvalue weighted by Crippen LogP contribution is -2.31. The molecule has 0 saturated carbocycles. The van der Waals surface area contributed by atoms with Crippen molar-refractivity contribution in [3.8, 4) is 0 Å². The highest BCUT2D eigenvalue weighted by Gasteiger charge is 2.14. The number of hydrogen-bond acceptors (Lipinski definition) is 4. The molecule has 2 heterocycles. The Kier molecular flexibility index (Phi) is 3.78. The van der Waals surface area contributed by atoms with Crippen LogP contribution in [-0.4, -0.2) is 29.2 Å². The summed E-state index contributed by atoms with van der Waals surface area (Å²) in [5, 5.41) is 3.26. The van der Waals surface area contributed by atoms with Gasteiger partial charge in [0, 0.05) is 18.6 Å². The third-order valence-electron chi connectivity index (χ3n) is 2.82. The Morgan fingerprint density at radius 3 is 3.06 bits per heavy atom. The van der Waals surface area contributed by atoms with Gasteiger partial charge in [0.05, 0.1) is 12.6 Å². The zero-order valence-electron chi connectivity index (χ0n) is 10.3. The molecular formula is C12H19N3O2. The molecule has 0 radical (unpaired) electrons. The Morgan fingerprint density at radius 1 is 1.59 bits per heavy atom. The summed E-state index contributed by atoms with van der Waals surface area (Å²) in [6.07, 6.45) is 2.11. The maximum absolute atomic E-state index is 11.5. The molecule has 1 aromatic heterocycles. The van der Waals surface area contributed by atoms with Gasteiger partial charge in [-0.3, -0.25) is 4.79 Å². The van der Waals surface area contributed by atoms with Crippen LogP contribution < -0.4 is 10.9 Å². The fourth-order valence-corrected chi connectivity index (χ4v) is 1.89. The lowest BCUT2D eigenvalue weighted by Gasteiger charge is -2.23. The minimum absolute atomic E-state index is 0.108. The summed E-state index contributed by atoms with van der Waals surface area (Å²) in [7, 11) is 0. The summed E-state index contributed by atoms with van der Waals surface area (Å²) in [5.74, 6) is 1.58. The highest BCUT2D eigenvalue weighted by Crippen LogP contribution is 2.13. The fourth-order valence-electron chi connectivity index (χ4n) is 1.89. The van der Waals surface area contributed by atoms with E-state index in [0.717, 1.165) is 25.3 Å². The van der Waals surface area contributed by atoms with Gasteiger partial charge in [-0.15, -0.1) is 0 Å². The van der Waals surface area contributed by atoms with Crippen LogP contribution >= 0.6 is 0 Å². The topological polar surface area (TPSA) is 67.0 Å². The van der Waals surface area contributed by atoms with Gasteiger partial charge in [-0.25, -0.2) is 4.98 Å². The number of nitrogens with one attached hydrogen (secondary N) is 2. The van der Waals surface area contributed by atoms with Gasteiger partial charge >= 0.3 is 0 Å². The number of ether oxygens (including phenoxy) is 1. The van der Waals surface area contributed by atoms with E-state index in [1.165, 1.54) is 6.07 Å². The van der Waals surface area contributed by atoms with E-state index in [9.17, 15) is 4.79 Å². The van der Waals surface area contributed by atoms with Gasteiger partial charge in [0.1, 0.15) is 11.6 Å². The summed E-state index contributed by atoms with van der Waals surface area (Å²) in [5.41, 5.74) is -0.108. The van der Waals surface area contributed by atoms with E-state index in [0.29, 0.717) is 12.4 Å². The molecule has 0 bridgehead atoms. The first-order chi connectivity index (χ1) is 8.15. The van der Waals surface area contributed by atoms with Crippen LogP contribution in [0.2, 0.25) is 0 Å². The molecule has 17 heavy (non-hydrogen) atoms. The molecule has 1 aromatic rings. The molecule has 1 saturated heterocycles. The van der Waals surface area contributed by atoms with Crippen molar-refractivity contribution in [2.45, 2.75) is 38.6 Å². The van der Waals surface area contributed by atoms with Crippen LogP contribution in [0.4, 0.5) is 5.82 Å². The molecule has 94 valence electrons. The van der Waals surface area contributed by atoms with Gasteiger partial charge in [-0.1, -0.05) is 13.8 Å². The zero-order chi connectivity index (χ0) is 12.3. The first-order valence-corrected chi connectivity index (χ1v) is 6.10. The predicted molar refractivity (Wildman–Crippen MR) is 66.4 cm³/mol. The first-order valence-electron chi connectivity index (χ1n) is 6.10. The standard InChI is InChI=1S/C12H19N3O2/c1-8(2)12-14-10(6-11(16)15-12)13-9-4-3-5-17-7-9/h6,8-9H,3-5,7H2,1-2H3,(H2,13,14,15,16). The van der Waals surface area contributed by atoms with Crippen LogP contribution in [0.3, 0.4) is 0 Å². The Balaban J connectivity index is 2.11. The molecule has 2 N–H and O–H groups in total. The van der Waals surface area contributed by atoms with Gasteiger partial charge in [0.2, 0.25) is 0 Å². The number of aromatic nitrogens is 2. The van der Waals surface area contributed by atoms with Crippen molar-refractivity contribution < 1.29 is 4.74 Å². The van der Waals surface area contributed by atoms with Crippen LogP contribution in [0, 0.1) is 0 Å². The van der Waals surface area contributed by atoms with Crippen LogP contribution in [0.1, 0.15) is 38.4 Å². The highest BCUT2D eigenvalue weighted by atomic mass is 16.5. The number of H-pyrrole nitrogens is 1. The third-order valence-corrected chi connectivity index (χ3v) is 2.82. The Morgan fingerprint density at radius 2 is 2.41 bits per heavy atom. The lowest BCUT2D eigenvalue weighted by molar-refractivity contribution is 0.0875. The number of nitrogens with zero attached hydrogens (tertiary/aromatic N) is 1. The third kappa shape index (κ3) is 3.30. The molecule has 1 atom stereocenters. The summed E-state index contributed by atoms with van der Waals surface area (Å²) in [6.45, 7) is 5.53. The molecule has 1 aliphatic rings. The monoisotopic (exact) mass is 237 g/mol. The molecule has 0 amide bonds. The zero-order valence-corrected chi connectivity index (χ0v) is 10.3.